The molecule has 0 saturated heterocycles. The van der Waals surface area contributed by atoms with Gasteiger partial charge in [0.15, 0.2) is 0 Å². The Kier molecular flexibility index (Phi) is 6.02. The van der Waals surface area contributed by atoms with Crippen LogP contribution in [0.3, 0.4) is 0 Å². The molecule has 0 aliphatic rings. The maximum absolute atomic E-state index is 12.3. The number of carbonyl (C=O) groups excluding carboxylic acids is 2. The third kappa shape index (κ3) is 4.37. The maximum atomic E-state index is 12.3. The molecule has 0 fully saturated rings. The fourth-order valence-electron chi connectivity index (χ4n) is 2.01. The lowest BCUT2D eigenvalue weighted by molar-refractivity contribution is -0.124. The van der Waals surface area contributed by atoms with E-state index in [1.165, 1.54) is 4.90 Å². The summed E-state index contributed by atoms with van der Waals surface area (Å²) in [4.78, 5) is 25.3. The Morgan fingerprint density at radius 1 is 1.43 bits per heavy atom. The second-order valence-electron chi connectivity index (χ2n) is 4.89. The summed E-state index contributed by atoms with van der Waals surface area (Å²) in [5, 5.41) is 2.57. The predicted octanol–water partition coefficient (Wildman–Crippen LogP) is 1.12. The first-order chi connectivity index (χ1) is 9.90. The first-order valence-corrected chi connectivity index (χ1v) is 6.90. The van der Waals surface area contributed by atoms with Crippen molar-refractivity contribution >= 4 is 17.5 Å². The van der Waals surface area contributed by atoms with E-state index < -0.39 is 0 Å². The van der Waals surface area contributed by atoms with Crippen LogP contribution in [0.15, 0.2) is 18.2 Å². The number of nitrogen functional groups attached to an aromatic ring is 1. The van der Waals surface area contributed by atoms with E-state index in [-0.39, 0.29) is 17.7 Å². The highest BCUT2D eigenvalue weighted by Gasteiger charge is 2.19. The van der Waals surface area contributed by atoms with Crippen LogP contribution in [0.2, 0.25) is 0 Å². The number of nitrogens with one attached hydrogen (secondary N) is 1. The molecular weight excluding hydrogens is 270 g/mol. The number of hydrogen-bond donors (Lipinski definition) is 2. The molecule has 6 heteroatoms. The highest BCUT2D eigenvalue weighted by Crippen LogP contribution is 2.23. The summed E-state index contributed by atoms with van der Waals surface area (Å²) in [6, 6.07) is 4.95. The molecule has 6 nitrogen and oxygen atoms in total. The molecule has 116 valence electrons. The molecule has 1 aromatic carbocycles. The standard InChI is InChI=1S/C15H23N3O3/c1-5-21-13-7-6-11(8-12(13)16)15(20)18(4)9-10(2)14(19)17-3/h6-8,10H,5,9,16H2,1-4H3,(H,17,19). The normalized spacial score (nSPS) is 11.6. The van der Waals surface area contributed by atoms with Crippen LogP contribution >= 0.6 is 0 Å². The van der Waals surface area contributed by atoms with Gasteiger partial charge >= 0.3 is 0 Å². The number of amides is 2. The number of benzene rings is 1. The SMILES string of the molecule is CCOc1ccc(C(=O)N(C)CC(C)C(=O)NC)cc1N. The third-order valence-corrected chi connectivity index (χ3v) is 3.14. The molecule has 3 N–H and O–H groups in total. The maximum Gasteiger partial charge on any atom is 0.253 e. The van der Waals surface area contributed by atoms with Crippen LogP contribution < -0.4 is 15.8 Å². The van der Waals surface area contributed by atoms with Gasteiger partial charge in [-0.1, -0.05) is 6.92 Å². The van der Waals surface area contributed by atoms with Crippen LogP contribution in [0.4, 0.5) is 5.69 Å². The largest absolute Gasteiger partial charge is 0.492 e. The van der Waals surface area contributed by atoms with Gasteiger partial charge in [0.25, 0.3) is 5.91 Å². The van der Waals surface area contributed by atoms with Crippen LogP contribution in [0.1, 0.15) is 24.2 Å². The molecule has 0 aliphatic carbocycles. The highest BCUT2D eigenvalue weighted by atomic mass is 16.5. The second-order valence-corrected chi connectivity index (χ2v) is 4.89. The average Bonchev–Trinajstić information content (AvgIpc) is 2.47. The molecule has 0 saturated carbocycles. The van der Waals surface area contributed by atoms with E-state index >= 15 is 0 Å². The minimum atomic E-state index is -0.274. The van der Waals surface area contributed by atoms with E-state index in [0.717, 1.165) is 0 Å². The van der Waals surface area contributed by atoms with E-state index in [1.54, 1.807) is 39.2 Å². The van der Waals surface area contributed by atoms with Crippen molar-refractivity contribution in [1.82, 2.24) is 10.2 Å². The fraction of sp³-hybridized carbons (Fsp3) is 0.467. The van der Waals surface area contributed by atoms with Crippen molar-refractivity contribution in [1.29, 1.82) is 0 Å². The van der Waals surface area contributed by atoms with E-state index in [4.69, 9.17) is 10.5 Å². The Labute approximate surface area is 125 Å². The average molecular weight is 293 g/mol. The van der Waals surface area contributed by atoms with Crippen molar-refractivity contribution in [2.24, 2.45) is 5.92 Å². The van der Waals surface area contributed by atoms with Gasteiger partial charge in [0.1, 0.15) is 5.75 Å². The number of carbonyl (C=O) groups is 2. The van der Waals surface area contributed by atoms with Crippen molar-refractivity contribution in [2.45, 2.75) is 13.8 Å². The number of nitrogens with zero attached hydrogens (tertiary/aromatic N) is 1. The Bertz CT molecular complexity index is 517. The smallest absolute Gasteiger partial charge is 0.253 e. The number of nitrogens with two attached hydrogens (primary N) is 1. The molecule has 0 spiro atoms. The molecule has 1 unspecified atom stereocenters. The number of rotatable bonds is 6. The summed E-state index contributed by atoms with van der Waals surface area (Å²) in [6.07, 6.45) is 0. The van der Waals surface area contributed by atoms with Gasteiger partial charge in [-0.2, -0.15) is 0 Å². The van der Waals surface area contributed by atoms with Gasteiger partial charge in [-0.15, -0.1) is 0 Å². The summed E-state index contributed by atoms with van der Waals surface area (Å²) in [6.45, 7) is 4.49. The van der Waals surface area contributed by atoms with Crippen LogP contribution in [0.5, 0.6) is 5.75 Å². The zero-order valence-corrected chi connectivity index (χ0v) is 13.0. The Morgan fingerprint density at radius 3 is 2.62 bits per heavy atom. The van der Waals surface area contributed by atoms with E-state index in [1.807, 2.05) is 6.92 Å². The molecule has 0 heterocycles. The van der Waals surface area contributed by atoms with Crippen molar-refractivity contribution in [2.75, 3.05) is 33.0 Å². The zero-order valence-electron chi connectivity index (χ0n) is 13.0. The van der Waals surface area contributed by atoms with Crippen molar-refractivity contribution in [3.05, 3.63) is 23.8 Å². The highest BCUT2D eigenvalue weighted by molar-refractivity contribution is 5.95. The molecule has 0 aliphatic heterocycles. The van der Waals surface area contributed by atoms with Crippen molar-refractivity contribution in [3.63, 3.8) is 0 Å². The Morgan fingerprint density at radius 2 is 2.10 bits per heavy atom. The van der Waals surface area contributed by atoms with Crippen LogP contribution in [-0.2, 0) is 4.79 Å². The molecular formula is C15H23N3O3. The Hall–Kier alpha value is -2.24. The van der Waals surface area contributed by atoms with Gasteiger partial charge in [-0.3, -0.25) is 9.59 Å². The third-order valence-electron chi connectivity index (χ3n) is 3.14. The molecule has 2 amide bonds. The van der Waals surface area contributed by atoms with Gasteiger partial charge in [0.2, 0.25) is 5.91 Å². The summed E-state index contributed by atoms with van der Waals surface area (Å²) in [5.41, 5.74) is 6.76. The van der Waals surface area contributed by atoms with Gasteiger partial charge < -0.3 is 20.7 Å². The lowest BCUT2D eigenvalue weighted by Crippen LogP contribution is -2.37. The van der Waals surface area contributed by atoms with E-state index in [9.17, 15) is 9.59 Å². The van der Waals surface area contributed by atoms with Crippen LogP contribution in [0, 0.1) is 5.92 Å². The number of anilines is 1. The molecule has 0 radical (unpaired) electrons. The van der Waals surface area contributed by atoms with Crippen molar-refractivity contribution in [3.8, 4) is 5.75 Å². The van der Waals surface area contributed by atoms with Crippen molar-refractivity contribution < 1.29 is 14.3 Å². The monoisotopic (exact) mass is 293 g/mol. The lowest BCUT2D eigenvalue weighted by atomic mass is 10.1. The quantitative estimate of drug-likeness (QED) is 0.770. The van der Waals surface area contributed by atoms with Crippen LogP contribution in [-0.4, -0.2) is 44.0 Å². The van der Waals surface area contributed by atoms with Gasteiger partial charge in [0, 0.05) is 26.2 Å². The summed E-state index contributed by atoms with van der Waals surface area (Å²) in [7, 11) is 3.24. The minimum Gasteiger partial charge on any atom is -0.492 e. The van der Waals surface area contributed by atoms with Gasteiger partial charge in [-0.25, -0.2) is 0 Å². The summed E-state index contributed by atoms with van der Waals surface area (Å²) >= 11 is 0. The topological polar surface area (TPSA) is 84.7 Å². The minimum absolute atomic E-state index is 0.0964. The second kappa shape index (κ2) is 7.52. The van der Waals surface area contributed by atoms with E-state index in [0.29, 0.717) is 30.2 Å². The lowest BCUT2D eigenvalue weighted by Gasteiger charge is -2.21. The molecule has 0 aromatic heterocycles. The molecule has 21 heavy (non-hydrogen) atoms. The molecule has 0 bridgehead atoms. The summed E-state index contributed by atoms with van der Waals surface area (Å²) in [5.74, 6) is 0.0146. The number of hydrogen-bond acceptors (Lipinski definition) is 4. The summed E-state index contributed by atoms with van der Waals surface area (Å²) < 4.78 is 5.34. The Balaban J connectivity index is 2.78. The fourth-order valence-corrected chi connectivity index (χ4v) is 2.01. The number of ether oxygens (including phenoxy) is 1. The molecule has 1 aromatic rings. The molecule has 1 atom stereocenters. The van der Waals surface area contributed by atoms with Gasteiger partial charge in [-0.05, 0) is 25.1 Å². The van der Waals surface area contributed by atoms with Gasteiger partial charge in [0.05, 0.1) is 18.2 Å². The first-order valence-electron chi connectivity index (χ1n) is 6.90. The first kappa shape index (κ1) is 16.8. The van der Waals surface area contributed by atoms with Crippen LogP contribution in [0.25, 0.3) is 0 Å². The predicted molar refractivity (Wildman–Crippen MR) is 82.2 cm³/mol. The van der Waals surface area contributed by atoms with E-state index in [2.05, 4.69) is 5.32 Å². The molecule has 1 rings (SSSR count). The zero-order chi connectivity index (χ0) is 16.0.